The van der Waals surface area contributed by atoms with Crippen molar-refractivity contribution >= 4 is 22.8 Å². The van der Waals surface area contributed by atoms with E-state index >= 15 is 0 Å². The standard InChI is InChI=1S/C24H21NO6/c1-25(14-18-10-7-13-28-18)22(26)16-30-24(27)23-20(15-29-17-8-3-2-4-9-17)19-11-5-6-12-21(19)31-23/h2-13H,14-16H2,1H3. The number of rotatable bonds is 8. The minimum Gasteiger partial charge on any atom is -0.489 e. The van der Waals surface area contributed by atoms with E-state index < -0.39 is 12.6 Å². The molecule has 7 heteroatoms. The van der Waals surface area contributed by atoms with Gasteiger partial charge in [0.05, 0.1) is 18.4 Å². The van der Waals surface area contributed by atoms with Crippen LogP contribution >= 0.6 is 0 Å². The molecule has 0 unspecified atom stereocenters. The molecule has 0 spiro atoms. The molecule has 0 fully saturated rings. The Balaban J connectivity index is 1.46. The second-order valence-electron chi connectivity index (χ2n) is 6.91. The summed E-state index contributed by atoms with van der Waals surface area (Å²) in [6, 6.07) is 20.1. The van der Waals surface area contributed by atoms with E-state index in [0.29, 0.717) is 22.7 Å². The quantitative estimate of drug-likeness (QED) is 0.393. The topological polar surface area (TPSA) is 82.1 Å². The first-order chi connectivity index (χ1) is 15.1. The van der Waals surface area contributed by atoms with Crippen LogP contribution in [0.4, 0.5) is 0 Å². The Kier molecular flexibility index (Phi) is 6.03. The van der Waals surface area contributed by atoms with Gasteiger partial charge in [0.15, 0.2) is 6.61 Å². The summed E-state index contributed by atoms with van der Waals surface area (Å²) in [7, 11) is 1.61. The first kappa shape index (κ1) is 20.3. The van der Waals surface area contributed by atoms with Gasteiger partial charge in [0.1, 0.15) is 23.7 Å². The highest BCUT2D eigenvalue weighted by atomic mass is 16.5. The molecule has 2 aromatic heterocycles. The largest absolute Gasteiger partial charge is 0.489 e. The normalized spacial score (nSPS) is 10.7. The maximum Gasteiger partial charge on any atom is 0.375 e. The fourth-order valence-corrected chi connectivity index (χ4v) is 3.11. The number of carbonyl (C=O) groups is 2. The number of ether oxygens (including phenoxy) is 2. The molecule has 7 nitrogen and oxygen atoms in total. The molecule has 2 heterocycles. The summed E-state index contributed by atoms with van der Waals surface area (Å²) in [6.07, 6.45) is 1.54. The van der Waals surface area contributed by atoms with Crippen molar-refractivity contribution in [2.24, 2.45) is 0 Å². The highest BCUT2D eigenvalue weighted by molar-refractivity contribution is 5.96. The maximum atomic E-state index is 12.7. The first-order valence-electron chi connectivity index (χ1n) is 9.73. The van der Waals surface area contributed by atoms with Gasteiger partial charge in [-0.3, -0.25) is 4.79 Å². The molecule has 4 rings (SSSR count). The van der Waals surface area contributed by atoms with Gasteiger partial charge in [-0.15, -0.1) is 0 Å². The number of likely N-dealkylation sites (N-methyl/N-ethyl adjacent to an activating group) is 1. The van der Waals surface area contributed by atoms with Crippen molar-refractivity contribution in [2.75, 3.05) is 13.7 Å². The van der Waals surface area contributed by atoms with Crippen LogP contribution in [0.2, 0.25) is 0 Å². The van der Waals surface area contributed by atoms with Gasteiger partial charge in [-0.2, -0.15) is 0 Å². The van der Waals surface area contributed by atoms with Gasteiger partial charge < -0.3 is 23.2 Å². The molecule has 0 radical (unpaired) electrons. The van der Waals surface area contributed by atoms with E-state index in [-0.39, 0.29) is 24.8 Å². The second-order valence-corrected chi connectivity index (χ2v) is 6.91. The molecule has 0 aliphatic rings. The average Bonchev–Trinajstić information content (AvgIpc) is 3.44. The Labute approximate surface area is 178 Å². The number of nitrogens with zero attached hydrogens (tertiary/aromatic N) is 1. The van der Waals surface area contributed by atoms with Crippen molar-refractivity contribution in [3.8, 4) is 5.75 Å². The van der Waals surface area contributed by atoms with Gasteiger partial charge in [-0.1, -0.05) is 36.4 Å². The van der Waals surface area contributed by atoms with E-state index in [1.54, 1.807) is 25.2 Å². The zero-order chi connectivity index (χ0) is 21.6. The number of benzene rings is 2. The monoisotopic (exact) mass is 419 g/mol. The number of para-hydroxylation sites is 2. The van der Waals surface area contributed by atoms with Crippen molar-refractivity contribution < 1.29 is 27.9 Å². The summed E-state index contributed by atoms with van der Waals surface area (Å²) < 4.78 is 22.0. The minimum absolute atomic E-state index is 0.0265. The van der Waals surface area contributed by atoms with Crippen LogP contribution in [-0.4, -0.2) is 30.4 Å². The fraction of sp³-hybridized carbons (Fsp3) is 0.167. The van der Waals surface area contributed by atoms with Crippen LogP contribution in [-0.2, 0) is 22.7 Å². The van der Waals surface area contributed by atoms with Gasteiger partial charge in [0.2, 0.25) is 5.76 Å². The lowest BCUT2D eigenvalue weighted by Gasteiger charge is -2.15. The third-order valence-corrected chi connectivity index (χ3v) is 4.74. The van der Waals surface area contributed by atoms with Crippen molar-refractivity contribution in [1.29, 1.82) is 0 Å². The number of hydrogen-bond donors (Lipinski definition) is 0. The third-order valence-electron chi connectivity index (χ3n) is 4.74. The summed E-state index contributed by atoms with van der Waals surface area (Å²) in [5, 5.41) is 0.756. The van der Waals surface area contributed by atoms with Gasteiger partial charge in [0.25, 0.3) is 5.91 Å². The zero-order valence-electron chi connectivity index (χ0n) is 16.9. The number of carbonyl (C=O) groups excluding carboxylic acids is 2. The Bertz CT molecular complexity index is 1160. The Morgan fingerprint density at radius 1 is 0.968 bits per heavy atom. The highest BCUT2D eigenvalue weighted by Crippen LogP contribution is 2.28. The number of furan rings is 2. The predicted molar refractivity (Wildman–Crippen MR) is 112 cm³/mol. The van der Waals surface area contributed by atoms with Crippen molar-refractivity contribution in [2.45, 2.75) is 13.2 Å². The van der Waals surface area contributed by atoms with Crippen LogP contribution in [0.3, 0.4) is 0 Å². The molecule has 0 saturated carbocycles. The molecule has 2 aromatic carbocycles. The molecule has 0 aliphatic heterocycles. The maximum absolute atomic E-state index is 12.7. The Morgan fingerprint density at radius 2 is 1.74 bits per heavy atom. The number of esters is 1. The summed E-state index contributed by atoms with van der Waals surface area (Å²) >= 11 is 0. The molecule has 0 bridgehead atoms. The minimum atomic E-state index is -0.720. The summed E-state index contributed by atoms with van der Waals surface area (Å²) in [5.41, 5.74) is 1.11. The summed E-state index contributed by atoms with van der Waals surface area (Å²) in [4.78, 5) is 26.5. The number of amides is 1. The predicted octanol–water partition coefficient (Wildman–Crippen LogP) is 4.42. The summed E-state index contributed by atoms with van der Waals surface area (Å²) in [6.45, 7) is -0.00589. The summed E-state index contributed by atoms with van der Waals surface area (Å²) in [5.74, 6) is 0.255. The van der Waals surface area contributed by atoms with E-state index in [4.69, 9.17) is 18.3 Å². The molecule has 0 atom stereocenters. The van der Waals surface area contributed by atoms with Crippen LogP contribution in [0.5, 0.6) is 5.75 Å². The van der Waals surface area contributed by atoms with E-state index in [1.807, 2.05) is 48.5 Å². The van der Waals surface area contributed by atoms with Crippen LogP contribution < -0.4 is 4.74 Å². The molecule has 1 amide bonds. The van der Waals surface area contributed by atoms with Crippen LogP contribution in [0.15, 0.2) is 81.8 Å². The smallest absolute Gasteiger partial charge is 0.375 e. The molecular weight excluding hydrogens is 398 g/mol. The van der Waals surface area contributed by atoms with E-state index in [1.165, 1.54) is 11.2 Å². The SMILES string of the molecule is CN(Cc1ccco1)C(=O)COC(=O)c1oc2ccccc2c1COc1ccccc1. The third kappa shape index (κ3) is 4.78. The molecular formula is C24H21NO6. The number of fused-ring (bicyclic) bond motifs is 1. The van der Waals surface area contributed by atoms with Gasteiger partial charge in [-0.25, -0.2) is 4.79 Å². The molecule has 31 heavy (non-hydrogen) atoms. The van der Waals surface area contributed by atoms with Gasteiger partial charge in [-0.05, 0) is 30.3 Å². The zero-order valence-corrected chi connectivity index (χ0v) is 16.9. The Morgan fingerprint density at radius 3 is 2.52 bits per heavy atom. The van der Waals surface area contributed by atoms with Crippen molar-refractivity contribution in [3.63, 3.8) is 0 Å². The Hall–Kier alpha value is -4.00. The van der Waals surface area contributed by atoms with Crippen LogP contribution in [0.25, 0.3) is 11.0 Å². The average molecular weight is 419 g/mol. The molecule has 0 aliphatic carbocycles. The van der Waals surface area contributed by atoms with Crippen LogP contribution in [0, 0.1) is 0 Å². The lowest BCUT2D eigenvalue weighted by molar-refractivity contribution is -0.134. The molecule has 4 aromatic rings. The second kappa shape index (κ2) is 9.21. The number of hydrogen-bond acceptors (Lipinski definition) is 6. The van der Waals surface area contributed by atoms with Crippen molar-refractivity contribution in [1.82, 2.24) is 4.90 Å². The van der Waals surface area contributed by atoms with Gasteiger partial charge in [0, 0.05) is 12.4 Å². The van der Waals surface area contributed by atoms with E-state index in [0.717, 1.165) is 5.39 Å². The van der Waals surface area contributed by atoms with Crippen molar-refractivity contribution in [3.05, 3.63) is 90.1 Å². The molecule has 0 saturated heterocycles. The molecule has 158 valence electrons. The van der Waals surface area contributed by atoms with Gasteiger partial charge >= 0.3 is 5.97 Å². The highest BCUT2D eigenvalue weighted by Gasteiger charge is 2.24. The van der Waals surface area contributed by atoms with E-state index in [9.17, 15) is 9.59 Å². The van der Waals surface area contributed by atoms with Crippen LogP contribution in [0.1, 0.15) is 21.9 Å². The first-order valence-corrected chi connectivity index (χ1v) is 9.73. The lowest BCUT2D eigenvalue weighted by Crippen LogP contribution is -2.30. The lowest BCUT2D eigenvalue weighted by atomic mass is 10.1. The van der Waals surface area contributed by atoms with E-state index in [2.05, 4.69) is 0 Å². The molecule has 0 N–H and O–H groups in total. The fourth-order valence-electron chi connectivity index (χ4n) is 3.11.